The third-order valence-corrected chi connectivity index (χ3v) is 12.5. The van der Waals surface area contributed by atoms with E-state index in [1.807, 2.05) is 77.3 Å². The van der Waals surface area contributed by atoms with Crippen LogP contribution in [0.25, 0.3) is 108 Å². The molecule has 0 fully saturated rings. The summed E-state index contributed by atoms with van der Waals surface area (Å²) in [4.78, 5) is 27.9. The van der Waals surface area contributed by atoms with E-state index < -0.39 is 0 Å². The Morgan fingerprint density at radius 1 is 0.286 bits per heavy atom. The summed E-state index contributed by atoms with van der Waals surface area (Å²) in [5, 5.41) is 5.07. The lowest BCUT2D eigenvalue weighted by Crippen LogP contribution is -2.00. The maximum Gasteiger partial charge on any atom is 0.164 e. The van der Waals surface area contributed by atoms with Crippen molar-refractivity contribution in [3.63, 3.8) is 0 Å². The molecule has 8 heteroatoms. The molecule has 0 saturated heterocycles. The van der Waals surface area contributed by atoms with Gasteiger partial charge >= 0.3 is 0 Å². The topological polar surface area (TPSA) is 77.3 Å². The van der Waals surface area contributed by atoms with Crippen LogP contribution in [0.15, 0.2) is 170 Å². The van der Waals surface area contributed by atoms with Gasteiger partial charge in [0, 0.05) is 62.6 Å². The molecule has 7 aromatic carbocycles. The summed E-state index contributed by atoms with van der Waals surface area (Å²) in [6.45, 7) is 0. The van der Waals surface area contributed by atoms with E-state index in [4.69, 9.17) is 15.0 Å². The molecule has 0 radical (unpaired) electrons. The molecule has 0 aliphatic carbocycles. The van der Waals surface area contributed by atoms with Gasteiger partial charge in [0.05, 0.1) is 0 Å². The van der Waals surface area contributed by atoms with Gasteiger partial charge < -0.3 is 0 Å². The number of thiophene rings is 2. The van der Waals surface area contributed by atoms with E-state index in [9.17, 15) is 0 Å². The Hall–Kier alpha value is -7.00. The second-order valence-corrected chi connectivity index (χ2v) is 15.8. The van der Waals surface area contributed by atoms with Gasteiger partial charge in [-0.15, -0.1) is 22.7 Å². The molecular weight excluding hydrogens is 725 g/mol. The van der Waals surface area contributed by atoms with Crippen molar-refractivity contribution in [1.29, 1.82) is 0 Å². The van der Waals surface area contributed by atoms with Gasteiger partial charge in [-0.2, -0.15) is 0 Å². The van der Waals surface area contributed by atoms with Gasteiger partial charge in [-0.25, -0.2) is 29.9 Å². The Bertz CT molecular complexity index is 3120. The molecule has 11 aromatic rings. The van der Waals surface area contributed by atoms with Crippen LogP contribution in [0.3, 0.4) is 0 Å². The summed E-state index contributed by atoms with van der Waals surface area (Å²) in [5.74, 6) is 2.40. The number of rotatable bonds is 6. The van der Waals surface area contributed by atoms with E-state index in [0.29, 0.717) is 23.3 Å². The molecule has 0 atom stereocenters. The predicted molar refractivity (Wildman–Crippen MR) is 232 cm³/mol. The lowest BCUT2D eigenvalue weighted by molar-refractivity contribution is 1.05. The normalized spacial score (nSPS) is 11.6. The average molecular weight is 753 g/mol. The summed E-state index contributed by atoms with van der Waals surface area (Å²) in [6.07, 6.45) is 3.01. The van der Waals surface area contributed by atoms with Crippen LogP contribution in [0, 0.1) is 0 Å². The maximum absolute atomic E-state index is 5.18. The Morgan fingerprint density at radius 3 is 1.25 bits per heavy atom. The van der Waals surface area contributed by atoms with Gasteiger partial charge in [-0.3, -0.25) is 0 Å². The molecule has 6 nitrogen and oxygen atoms in total. The largest absolute Gasteiger partial charge is 0.225 e. The molecule has 0 amide bonds. The third-order valence-electron chi connectivity index (χ3n) is 10.2. The molecule has 4 heterocycles. The average Bonchev–Trinajstić information content (AvgIpc) is 3.84. The van der Waals surface area contributed by atoms with E-state index in [-0.39, 0.29) is 0 Å². The van der Waals surface area contributed by atoms with Gasteiger partial charge in [0.2, 0.25) is 0 Å². The quantitative estimate of drug-likeness (QED) is 0.168. The summed E-state index contributed by atoms with van der Waals surface area (Å²) < 4.78 is 5.13. The molecule has 0 saturated carbocycles. The zero-order chi connectivity index (χ0) is 37.0. The van der Waals surface area contributed by atoms with E-state index in [1.165, 1.54) is 53.0 Å². The summed E-state index contributed by atoms with van der Waals surface area (Å²) in [5.41, 5.74) is 8.03. The van der Waals surface area contributed by atoms with Crippen LogP contribution in [0.4, 0.5) is 0 Å². The molecule has 262 valence electrons. The van der Waals surface area contributed by atoms with Crippen LogP contribution in [-0.2, 0) is 0 Å². The van der Waals surface area contributed by atoms with E-state index in [2.05, 4.69) is 118 Å². The number of hydrogen-bond donors (Lipinski definition) is 0. The smallest absolute Gasteiger partial charge is 0.164 e. The standard InChI is InChI=1S/C48H28N6S2/c1-2-8-29(9-3-1)46-52-47(31-16-14-30(15-17-31)45-50-27-49-28-51-45)54-48(53-46)36-23-34(32-18-20-43-39(25-32)37-10-4-6-12-41(37)55-43)22-35(24-36)33-19-21-44-40(26-33)38-11-5-7-13-42(38)56-44/h1-28H. The van der Waals surface area contributed by atoms with Crippen molar-refractivity contribution < 1.29 is 0 Å². The van der Waals surface area contributed by atoms with Gasteiger partial charge in [-0.1, -0.05) is 103 Å². The van der Waals surface area contributed by atoms with Crippen LogP contribution in [0.2, 0.25) is 0 Å². The Morgan fingerprint density at radius 2 is 0.696 bits per heavy atom. The molecule has 0 spiro atoms. The van der Waals surface area contributed by atoms with Crippen molar-refractivity contribution in [2.75, 3.05) is 0 Å². The van der Waals surface area contributed by atoms with Crippen molar-refractivity contribution in [3.05, 3.63) is 170 Å². The van der Waals surface area contributed by atoms with Crippen LogP contribution in [0.5, 0.6) is 0 Å². The van der Waals surface area contributed by atoms with Crippen LogP contribution in [0.1, 0.15) is 0 Å². The van der Waals surface area contributed by atoms with Crippen molar-refractivity contribution in [1.82, 2.24) is 29.9 Å². The van der Waals surface area contributed by atoms with Gasteiger partial charge in [0.15, 0.2) is 23.3 Å². The minimum absolute atomic E-state index is 0.584. The van der Waals surface area contributed by atoms with Crippen LogP contribution in [-0.4, -0.2) is 29.9 Å². The highest BCUT2D eigenvalue weighted by Gasteiger charge is 2.17. The van der Waals surface area contributed by atoms with Crippen molar-refractivity contribution in [2.24, 2.45) is 0 Å². The lowest BCUT2D eigenvalue weighted by Gasteiger charge is -2.13. The first kappa shape index (κ1) is 32.4. The Balaban J connectivity index is 1.11. The fraction of sp³-hybridized carbons (Fsp3) is 0. The van der Waals surface area contributed by atoms with Crippen molar-refractivity contribution in [3.8, 4) is 67.8 Å². The fourth-order valence-corrected chi connectivity index (χ4v) is 9.58. The highest BCUT2D eigenvalue weighted by Crippen LogP contribution is 2.41. The van der Waals surface area contributed by atoms with Crippen molar-refractivity contribution >= 4 is 63.0 Å². The maximum atomic E-state index is 5.18. The first-order chi connectivity index (χ1) is 27.7. The molecule has 0 aliphatic rings. The minimum atomic E-state index is 0.584. The molecule has 0 bridgehead atoms. The highest BCUT2D eigenvalue weighted by molar-refractivity contribution is 7.26. The zero-order valence-electron chi connectivity index (χ0n) is 29.7. The van der Waals surface area contributed by atoms with Gasteiger partial charge in [0.1, 0.15) is 12.7 Å². The Labute approximate surface area is 329 Å². The third kappa shape index (κ3) is 5.80. The lowest BCUT2D eigenvalue weighted by atomic mass is 9.94. The van der Waals surface area contributed by atoms with E-state index in [1.54, 1.807) is 0 Å². The molecule has 56 heavy (non-hydrogen) atoms. The van der Waals surface area contributed by atoms with Gasteiger partial charge in [-0.05, 0) is 76.9 Å². The second kappa shape index (κ2) is 13.4. The first-order valence-corrected chi connectivity index (χ1v) is 19.9. The van der Waals surface area contributed by atoms with Crippen LogP contribution < -0.4 is 0 Å². The number of benzene rings is 7. The van der Waals surface area contributed by atoms with Gasteiger partial charge in [0.25, 0.3) is 0 Å². The summed E-state index contributed by atoms with van der Waals surface area (Å²) >= 11 is 3.66. The van der Waals surface area contributed by atoms with E-state index in [0.717, 1.165) is 44.5 Å². The van der Waals surface area contributed by atoms with E-state index >= 15 is 0 Å². The molecule has 11 rings (SSSR count). The molecular formula is C48H28N6S2. The highest BCUT2D eigenvalue weighted by atomic mass is 32.1. The van der Waals surface area contributed by atoms with Crippen molar-refractivity contribution in [2.45, 2.75) is 0 Å². The Kier molecular flexibility index (Phi) is 7.75. The minimum Gasteiger partial charge on any atom is -0.225 e. The number of nitrogens with zero attached hydrogens (tertiary/aromatic N) is 6. The first-order valence-electron chi connectivity index (χ1n) is 18.2. The number of hydrogen-bond acceptors (Lipinski definition) is 8. The number of aromatic nitrogens is 6. The zero-order valence-corrected chi connectivity index (χ0v) is 31.3. The molecule has 4 aromatic heterocycles. The molecule has 0 unspecified atom stereocenters. The summed E-state index contributed by atoms with van der Waals surface area (Å²) in [6, 6.07) is 55.7. The number of fused-ring (bicyclic) bond motifs is 6. The fourth-order valence-electron chi connectivity index (χ4n) is 7.41. The summed E-state index contributed by atoms with van der Waals surface area (Å²) in [7, 11) is 0. The predicted octanol–water partition coefficient (Wildman–Crippen LogP) is 12.8. The SMILES string of the molecule is c1ccc(-c2nc(-c3ccc(-c4ncncn4)cc3)nc(-c3cc(-c4ccc5sc6ccccc6c5c4)cc(-c4ccc5sc6ccccc6c5c4)c3)n2)cc1. The second-order valence-electron chi connectivity index (χ2n) is 13.6. The van der Waals surface area contributed by atoms with Crippen LogP contribution >= 0.6 is 22.7 Å². The molecule has 0 N–H and O–H groups in total. The monoisotopic (exact) mass is 752 g/mol. The molecule has 0 aliphatic heterocycles.